The summed E-state index contributed by atoms with van der Waals surface area (Å²) < 4.78 is 5.67. The summed E-state index contributed by atoms with van der Waals surface area (Å²) in [6, 6.07) is 13.4. The lowest BCUT2D eigenvalue weighted by molar-refractivity contribution is 0.306. The molecule has 0 bridgehead atoms. The van der Waals surface area contributed by atoms with E-state index in [0.29, 0.717) is 16.7 Å². The Morgan fingerprint density at radius 3 is 2.39 bits per heavy atom. The minimum absolute atomic E-state index is 0.410. The maximum Gasteiger partial charge on any atom is 0.119 e. The summed E-state index contributed by atoms with van der Waals surface area (Å²) >= 11 is 15.4. The Balaban J connectivity index is 2.04. The van der Waals surface area contributed by atoms with Crippen molar-refractivity contribution in [1.29, 1.82) is 0 Å². The number of alkyl halides is 1. The molecule has 0 aliphatic carbocycles. The van der Waals surface area contributed by atoms with Gasteiger partial charge in [0, 0.05) is 10.9 Å². The fraction of sp³-hybridized carbons (Fsp3) is 0.143. The van der Waals surface area contributed by atoms with Crippen LogP contribution in [0.25, 0.3) is 0 Å². The van der Waals surface area contributed by atoms with E-state index in [4.69, 9.17) is 27.9 Å². The molecule has 0 radical (unpaired) electrons. The van der Waals surface area contributed by atoms with Gasteiger partial charge in [0.15, 0.2) is 0 Å². The molecule has 0 atom stereocenters. The van der Waals surface area contributed by atoms with Gasteiger partial charge in [-0.25, -0.2) is 0 Å². The second kappa shape index (κ2) is 6.46. The van der Waals surface area contributed by atoms with Gasteiger partial charge in [0.05, 0.1) is 10.0 Å². The molecule has 2 rings (SSSR count). The van der Waals surface area contributed by atoms with Crippen LogP contribution < -0.4 is 4.74 Å². The first-order valence-corrected chi connectivity index (χ1v) is 7.29. The van der Waals surface area contributed by atoms with Crippen LogP contribution in [0.3, 0.4) is 0 Å². The van der Waals surface area contributed by atoms with Crippen molar-refractivity contribution < 1.29 is 4.74 Å². The lowest BCUT2D eigenvalue weighted by atomic mass is 10.2. The number of benzene rings is 2. The summed E-state index contributed by atoms with van der Waals surface area (Å²) in [5.74, 6) is 0.816. The highest BCUT2D eigenvalue weighted by molar-refractivity contribution is 9.08. The van der Waals surface area contributed by atoms with Gasteiger partial charge in [0.25, 0.3) is 0 Å². The first kappa shape index (κ1) is 13.7. The van der Waals surface area contributed by atoms with E-state index in [1.807, 2.05) is 36.4 Å². The van der Waals surface area contributed by atoms with E-state index < -0.39 is 0 Å². The van der Waals surface area contributed by atoms with Crippen molar-refractivity contribution in [3.05, 3.63) is 63.6 Å². The second-order valence-corrected chi connectivity index (χ2v) is 5.13. The van der Waals surface area contributed by atoms with Gasteiger partial charge >= 0.3 is 0 Å². The predicted molar refractivity (Wildman–Crippen MR) is 79.9 cm³/mol. The highest BCUT2D eigenvalue weighted by Crippen LogP contribution is 2.26. The Bertz CT molecular complexity index is 526. The predicted octanol–water partition coefficient (Wildman–Crippen LogP) is 5.47. The normalized spacial score (nSPS) is 10.4. The van der Waals surface area contributed by atoms with Crippen molar-refractivity contribution >= 4 is 39.1 Å². The van der Waals surface area contributed by atoms with E-state index in [9.17, 15) is 0 Å². The Kier molecular flexibility index (Phi) is 4.93. The quantitative estimate of drug-likeness (QED) is 0.668. The molecule has 2 aromatic rings. The van der Waals surface area contributed by atoms with Crippen LogP contribution in [0.4, 0.5) is 0 Å². The first-order chi connectivity index (χ1) is 8.70. The SMILES string of the molecule is Clc1cccc(COc2ccc(CBr)cc2)c1Cl. The maximum absolute atomic E-state index is 6.09. The molecule has 94 valence electrons. The lowest BCUT2D eigenvalue weighted by Gasteiger charge is -2.09. The third-order valence-electron chi connectivity index (χ3n) is 2.50. The van der Waals surface area contributed by atoms with Gasteiger partial charge in [0.1, 0.15) is 12.4 Å². The van der Waals surface area contributed by atoms with Gasteiger partial charge < -0.3 is 4.74 Å². The molecule has 0 heterocycles. The molecule has 2 aromatic carbocycles. The molecule has 0 amide bonds. The Morgan fingerprint density at radius 2 is 1.72 bits per heavy atom. The van der Waals surface area contributed by atoms with Gasteiger partial charge in [0.2, 0.25) is 0 Å². The molecule has 0 fully saturated rings. The summed E-state index contributed by atoms with van der Waals surface area (Å²) in [6.07, 6.45) is 0. The summed E-state index contributed by atoms with van der Waals surface area (Å²) in [6.45, 7) is 0.410. The molecule has 0 unspecified atom stereocenters. The van der Waals surface area contributed by atoms with Crippen LogP contribution in [0.5, 0.6) is 5.75 Å². The smallest absolute Gasteiger partial charge is 0.119 e. The molecule has 1 nitrogen and oxygen atoms in total. The van der Waals surface area contributed by atoms with Crippen molar-refractivity contribution in [1.82, 2.24) is 0 Å². The number of ether oxygens (including phenoxy) is 1. The molecule has 0 aliphatic rings. The average molecular weight is 346 g/mol. The van der Waals surface area contributed by atoms with E-state index >= 15 is 0 Å². The topological polar surface area (TPSA) is 9.23 Å². The van der Waals surface area contributed by atoms with Crippen LogP contribution in [0.2, 0.25) is 10.0 Å². The van der Waals surface area contributed by atoms with Gasteiger partial charge in [-0.05, 0) is 23.8 Å². The third-order valence-corrected chi connectivity index (χ3v) is 4.01. The molecule has 0 saturated carbocycles. The fourth-order valence-corrected chi connectivity index (χ4v) is 2.24. The highest BCUT2D eigenvalue weighted by Gasteiger charge is 2.04. The molecular weight excluding hydrogens is 335 g/mol. The van der Waals surface area contributed by atoms with Crippen molar-refractivity contribution in [2.45, 2.75) is 11.9 Å². The third kappa shape index (κ3) is 3.41. The molecule has 0 N–H and O–H groups in total. The van der Waals surface area contributed by atoms with Gasteiger partial charge in [-0.1, -0.05) is 63.4 Å². The zero-order valence-corrected chi connectivity index (χ0v) is 12.6. The Labute approximate surface area is 125 Å². The van der Waals surface area contributed by atoms with Crippen molar-refractivity contribution in [2.24, 2.45) is 0 Å². The minimum Gasteiger partial charge on any atom is -0.489 e. The fourth-order valence-electron chi connectivity index (χ4n) is 1.50. The van der Waals surface area contributed by atoms with E-state index in [-0.39, 0.29) is 0 Å². The number of hydrogen-bond donors (Lipinski definition) is 0. The monoisotopic (exact) mass is 344 g/mol. The van der Waals surface area contributed by atoms with Crippen LogP contribution in [0, 0.1) is 0 Å². The minimum atomic E-state index is 0.410. The lowest BCUT2D eigenvalue weighted by Crippen LogP contribution is -1.96. The number of rotatable bonds is 4. The standard InChI is InChI=1S/C14H11BrCl2O/c15-8-10-4-6-12(7-5-10)18-9-11-2-1-3-13(16)14(11)17/h1-7H,8-9H2. The molecule has 18 heavy (non-hydrogen) atoms. The van der Waals surface area contributed by atoms with Gasteiger partial charge in [-0.2, -0.15) is 0 Å². The van der Waals surface area contributed by atoms with E-state index in [1.165, 1.54) is 5.56 Å². The Hall–Kier alpha value is -0.700. The van der Waals surface area contributed by atoms with E-state index in [2.05, 4.69) is 15.9 Å². The summed E-state index contributed by atoms with van der Waals surface area (Å²) in [5, 5.41) is 1.94. The van der Waals surface area contributed by atoms with Crippen LogP contribution in [-0.4, -0.2) is 0 Å². The number of hydrogen-bond acceptors (Lipinski definition) is 1. The molecule has 0 aromatic heterocycles. The van der Waals surface area contributed by atoms with Crippen LogP contribution in [0.1, 0.15) is 11.1 Å². The molecule has 0 aliphatic heterocycles. The zero-order valence-electron chi connectivity index (χ0n) is 9.50. The van der Waals surface area contributed by atoms with Crippen molar-refractivity contribution in [3.63, 3.8) is 0 Å². The van der Waals surface area contributed by atoms with Crippen molar-refractivity contribution in [2.75, 3.05) is 0 Å². The van der Waals surface area contributed by atoms with Gasteiger partial charge in [-0.3, -0.25) is 0 Å². The van der Waals surface area contributed by atoms with E-state index in [1.54, 1.807) is 6.07 Å². The summed E-state index contributed by atoms with van der Waals surface area (Å²) in [7, 11) is 0. The molecule has 4 heteroatoms. The first-order valence-electron chi connectivity index (χ1n) is 5.41. The Morgan fingerprint density at radius 1 is 1.00 bits per heavy atom. The highest BCUT2D eigenvalue weighted by atomic mass is 79.9. The van der Waals surface area contributed by atoms with Crippen LogP contribution in [-0.2, 0) is 11.9 Å². The largest absolute Gasteiger partial charge is 0.489 e. The van der Waals surface area contributed by atoms with Crippen LogP contribution in [0.15, 0.2) is 42.5 Å². The number of halogens is 3. The molecule has 0 saturated heterocycles. The maximum atomic E-state index is 6.09. The summed E-state index contributed by atoms with van der Waals surface area (Å²) in [4.78, 5) is 0. The zero-order chi connectivity index (χ0) is 13.0. The molecular formula is C14H11BrCl2O. The molecule has 0 spiro atoms. The second-order valence-electron chi connectivity index (χ2n) is 3.78. The van der Waals surface area contributed by atoms with Crippen molar-refractivity contribution in [3.8, 4) is 5.75 Å². The average Bonchev–Trinajstić information content (AvgIpc) is 2.41. The summed E-state index contributed by atoms with van der Waals surface area (Å²) in [5.41, 5.74) is 2.09. The van der Waals surface area contributed by atoms with Crippen LogP contribution >= 0.6 is 39.1 Å². The van der Waals surface area contributed by atoms with E-state index in [0.717, 1.165) is 16.6 Å². The van der Waals surface area contributed by atoms with Gasteiger partial charge in [-0.15, -0.1) is 0 Å².